The lowest BCUT2D eigenvalue weighted by Crippen LogP contribution is -2.48. The van der Waals surface area contributed by atoms with E-state index >= 15 is 0 Å². The van der Waals surface area contributed by atoms with Crippen LogP contribution >= 0.6 is 0 Å². The first-order valence-corrected chi connectivity index (χ1v) is 6.58. The third-order valence-electron chi connectivity index (χ3n) is 3.63. The molecule has 18 heavy (non-hydrogen) atoms. The minimum absolute atomic E-state index is 0.179. The summed E-state index contributed by atoms with van der Waals surface area (Å²) in [7, 11) is 1.74. The van der Waals surface area contributed by atoms with Crippen molar-refractivity contribution in [3.8, 4) is 0 Å². The van der Waals surface area contributed by atoms with Crippen LogP contribution in [0, 0.1) is 5.82 Å². The van der Waals surface area contributed by atoms with Crippen LogP contribution in [0.2, 0.25) is 0 Å². The quantitative estimate of drug-likeness (QED) is 0.890. The van der Waals surface area contributed by atoms with Gasteiger partial charge in [0.1, 0.15) is 5.82 Å². The Hall–Kier alpha value is -1.29. The molecule has 0 bridgehead atoms. The van der Waals surface area contributed by atoms with Gasteiger partial charge in [-0.15, -0.1) is 0 Å². The Morgan fingerprint density at radius 2 is 1.83 bits per heavy atom. The number of nitrogens with one attached hydrogen (secondary N) is 1. The molecule has 1 heterocycles. The molecule has 1 aliphatic rings. The van der Waals surface area contributed by atoms with Crippen LogP contribution in [0.5, 0.6) is 0 Å². The Labute approximate surface area is 109 Å². The van der Waals surface area contributed by atoms with Crippen molar-refractivity contribution in [3.63, 3.8) is 0 Å². The molecule has 1 aromatic carbocycles. The molecule has 0 spiro atoms. The SMILES string of the molecule is CNc1ccc(N2CCN(C(C)C)CC2)cc1F. The third-order valence-corrected chi connectivity index (χ3v) is 3.63. The average molecular weight is 251 g/mol. The van der Waals surface area contributed by atoms with Gasteiger partial charge in [-0.1, -0.05) is 0 Å². The number of nitrogens with zero attached hydrogens (tertiary/aromatic N) is 2. The van der Waals surface area contributed by atoms with Gasteiger partial charge in [-0.2, -0.15) is 0 Å². The molecule has 0 aliphatic carbocycles. The molecule has 0 aromatic heterocycles. The molecule has 100 valence electrons. The molecule has 4 heteroatoms. The van der Waals surface area contributed by atoms with Gasteiger partial charge in [0.15, 0.2) is 0 Å². The highest BCUT2D eigenvalue weighted by Gasteiger charge is 2.19. The lowest BCUT2D eigenvalue weighted by molar-refractivity contribution is 0.209. The van der Waals surface area contributed by atoms with Gasteiger partial charge in [-0.25, -0.2) is 4.39 Å². The van der Waals surface area contributed by atoms with Crippen molar-refractivity contribution in [2.24, 2.45) is 0 Å². The topological polar surface area (TPSA) is 18.5 Å². The smallest absolute Gasteiger partial charge is 0.148 e. The van der Waals surface area contributed by atoms with E-state index in [0.29, 0.717) is 11.7 Å². The van der Waals surface area contributed by atoms with E-state index in [1.807, 2.05) is 6.07 Å². The van der Waals surface area contributed by atoms with Crippen LogP contribution in [-0.2, 0) is 0 Å². The summed E-state index contributed by atoms with van der Waals surface area (Å²) in [5.41, 5.74) is 1.54. The maximum absolute atomic E-state index is 13.7. The lowest BCUT2D eigenvalue weighted by atomic mass is 10.2. The number of anilines is 2. The zero-order valence-corrected chi connectivity index (χ0v) is 11.4. The van der Waals surface area contributed by atoms with E-state index in [9.17, 15) is 4.39 Å². The fourth-order valence-electron chi connectivity index (χ4n) is 2.40. The number of hydrogen-bond donors (Lipinski definition) is 1. The Kier molecular flexibility index (Phi) is 4.07. The van der Waals surface area contributed by atoms with Crippen molar-refractivity contribution < 1.29 is 4.39 Å². The predicted octanol–water partition coefficient (Wildman–Crippen LogP) is 2.40. The molecular formula is C14H22FN3. The fraction of sp³-hybridized carbons (Fsp3) is 0.571. The van der Waals surface area contributed by atoms with Crippen molar-refractivity contribution in [2.75, 3.05) is 43.4 Å². The van der Waals surface area contributed by atoms with Gasteiger partial charge in [-0.05, 0) is 32.0 Å². The van der Waals surface area contributed by atoms with Crippen LogP contribution in [0.15, 0.2) is 18.2 Å². The van der Waals surface area contributed by atoms with E-state index in [0.717, 1.165) is 31.9 Å². The van der Waals surface area contributed by atoms with Gasteiger partial charge in [0, 0.05) is 45.0 Å². The van der Waals surface area contributed by atoms with Crippen molar-refractivity contribution in [2.45, 2.75) is 19.9 Å². The molecule has 0 radical (unpaired) electrons. The zero-order valence-electron chi connectivity index (χ0n) is 11.4. The van der Waals surface area contributed by atoms with Crippen molar-refractivity contribution in [3.05, 3.63) is 24.0 Å². The minimum Gasteiger partial charge on any atom is -0.386 e. The first kappa shape index (κ1) is 13.1. The van der Waals surface area contributed by atoms with E-state index < -0.39 is 0 Å². The molecule has 0 unspecified atom stereocenters. The molecule has 0 saturated carbocycles. The standard InChI is InChI=1S/C14H22FN3/c1-11(2)17-6-8-18(9-7-17)12-4-5-14(16-3)13(15)10-12/h4-5,10-11,16H,6-9H2,1-3H3. The molecule has 0 amide bonds. The van der Waals surface area contributed by atoms with Crippen LogP contribution < -0.4 is 10.2 Å². The number of hydrogen-bond acceptors (Lipinski definition) is 3. The lowest BCUT2D eigenvalue weighted by Gasteiger charge is -2.38. The summed E-state index contributed by atoms with van der Waals surface area (Å²) in [6, 6.07) is 6.01. The second kappa shape index (κ2) is 5.57. The van der Waals surface area contributed by atoms with Gasteiger partial charge < -0.3 is 10.2 Å². The van der Waals surface area contributed by atoms with Crippen molar-refractivity contribution >= 4 is 11.4 Å². The zero-order chi connectivity index (χ0) is 13.1. The van der Waals surface area contributed by atoms with E-state index in [-0.39, 0.29) is 5.82 Å². The minimum atomic E-state index is -0.179. The van der Waals surface area contributed by atoms with E-state index in [4.69, 9.17) is 0 Å². The summed E-state index contributed by atoms with van der Waals surface area (Å²) >= 11 is 0. The number of piperazine rings is 1. The summed E-state index contributed by atoms with van der Waals surface area (Å²) in [4.78, 5) is 4.70. The largest absolute Gasteiger partial charge is 0.386 e. The van der Waals surface area contributed by atoms with E-state index in [2.05, 4.69) is 29.0 Å². The van der Waals surface area contributed by atoms with E-state index in [1.165, 1.54) is 0 Å². The van der Waals surface area contributed by atoms with Gasteiger partial charge in [0.2, 0.25) is 0 Å². The van der Waals surface area contributed by atoms with Gasteiger partial charge >= 0.3 is 0 Å². The number of halogens is 1. The summed E-state index contributed by atoms with van der Waals surface area (Å²) < 4.78 is 13.7. The summed E-state index contributed by atoms with van der Waals surface area (Å²) in [5, 5.41) is 2.85. The first-order valence-electron chi connectivity index (χ1n) is 6.58. The molecule has 3 nitrogen and oxygen atoms in total. The molecule has 2 rings (SSSR count). The van der Waals surface area contributed by atoms with Crippen molar-refractivity contribution in [1.29, 1.82) is 0 Å². The van der Waals surface area contributed by atoms with Gasteiger partial charge in [0.05, 0.1) is 5.69 Å². The molecule has 1 fully saturated rings. The monoisotopic (exact) mass is 251 g/mol. The molecule has 1 N–H and O–H groups in total. The van der Waals surface area contributed by atoms with E-state index in [1.54, 1.807) is 19.2 Å². The molecule has 1 aromatic rings. The van der Waals surface area contributed by atoms with Crippen LogP contribution in [0.3, 0.4) is 0 Å². The number of rotatable bonds is 3. The molecule has 1 saturated heterocycles. The number of benzene rings is 1. The Balaban J connectivity index is 2.03. The summed E-state index contributed by atoms with van der Waals surface area (Å²) in [5.74, 6) is -0.179. The third kappa shape index (κ3) is 2.75. The average Bonchev–Trinajstić information content (AvgIpc) is 2.38. The molecule has 1 aliphatic heterocycles. The molecule has 0 atom stereocenters. The van der Waals surface area contributed by atoms with Crippen LogP contribution in [0.1, 0.15) is 13.8 Å². The summed E-state index contributed by atoms with van der Waals surface area (Å²) in [6.45, 7) is 8.47. The summed E-state index contributed by atoms with van der Waals surface area (Å²) in [6.07, 6.45) is 0. The van der Waals surface area contributed by atoms with Gasteiger partial charge in [-0.3, -0.25) is 4.90 Å². The fourth-order valence-corrected chi connectivity index (χ4v) is 2.40. The van der Waals surface area contributed by atoms with Gasteiger partial charge in [0.25, 0.3) is 0 Å². The Morgan fingerprint density at radius 1 is 1.17 bits per heavy atom. The predicted molar refractivity (Wildman–Crippen MR) is 74.9 cm³/mol. The second-order valence-electron chi connectivity index (χ2n) is 5.03. The van der Waals surface area contributed by atoms with Crippen LogP contribution in [0.4, 0.5) is 15.8 Å². The van der Waals surface area contributed by atoms with Crippen LogP contribution in [0.25, 0.3) is 0 Å². The second-order valence-corrected chi connectivity index (χ2v) is 5.03. The maximum atomic E-state index is 13.7. The highest BCUT2D eigenvalue weighted by Crippen LogP contribution is 2.23. The normalized spacial score (nSPS) is 17.3. The Bertz CT molecular complexity index is 398. The highest BCUT2D eigenvalue weighted by atomic mass is 19.1. The van der Waals surface area contributed by atoms with Crippen LogP contribution in [-0.4, -0.2) is 44.2 Å². The van der Waals surface area contributed by atoms with Crippen molar-refractivity contribution in [1.82, 2.24) is 4.90 Å². The highest BCUT2D eigenvalue weighted by molar-refractivity contribution is 5.56. The molecular weight excluding hydrogens is 229 g/mol. The maximum Gasteiger partial charge on any atom is 0.148 e. The Morgan fingerprint density at radius 3 is 2.33 bits per heavy atom. The first-order chi connectivity index (χ1) is 8.61.